The fourth-order valence-corrected chi connectivity index (χ4v) is 2.37. The van der Waals surface area contributed by atoms with Gasteiger partial charge in [-0.25, -0.2) is 4.39 Å². The first-order valence-corrected chi connectivity index (χ1v) is 6.11. The Balaban J connectivity index is 1.90. The van der Waals surface area contributed by atoms with Crippen LogP contribution in [0.4, 0.5) is 4.39 Å². The Morgan fingerprint density at radius 3 is 2.41 bits per heavy atom. The minimum atomic E-state index is -0.195. The lowest BCUT2D eigenvalue weighted by Crippen LogP contribution is -2.34. The number of halogens is 1. The third-order valence-electron chi connectivity index (χ3n) is 3.48. The topological polar surface area (TPSA) is 20.3 Å². The van der Waals surface area contributed by atoms with E-state index in [0.717, 1.165) is 24.9 Å². The van der Waals surface area contributed by atoms with Gasteiger partial charge in [0.15, 0.2) is 0 Å². The lowest BCUT2D eigenvalue weighted by atomic mass is 9.93. The number of benzene rings is 1. The van der Waals surface area contributed by atoms with Gasteiger partial charge in [-0.15, -0.1) is 0 Å². The van der Waals surface area contributed by atoms with Crippen molar-refractivity contribution in [2.75, 3.05) is 7.05 Å². The van der Waals surface area contributed by atoms with Crippen LogP contribution in [-0.4, -0.2) is 23.8 Å². The van der Waals surface area contributed by atoms with Crippen molar-refractivity contribution in [2.45, 2.75) is 38.3 Å². The smallest absolute Gasteiger partial charge is 0.133 e. The maximum Gasteiger partial charge on any atom is 0.133 e. The molecule has 1 aromatic rings. The monoisotopic (exact) mass is 235 g/mol. The summed E-state index contributed by atoms with van der Waals surface area (Å²) in [7, 11) is 2.07. The van der Waals surface area contributed by atoms with Gasteiger partial charge in [-0.2, -0.15) is 0 Å². The molecule has 0 saturated heterocycles. The molecule has 2 nitrogen and oxygen atoms in total. The maximum absolute atomic E-state index is 12.8. The van der Waals surface area contributed by atoms with Crippen LogP contribution in [0, 0.1) is 5.82 Å². The van der Waals surface area contributed by atoms with Gasteiger partial charge in [0.2, 0.25) is 0 Å². The molecule has 0 aromatic heterocycles. The van der Waals surface area contributed by atoms with Crippen LogP contribution < -0.4 is 0 Å². The molecule has 17 heavy (non-hydrogen) atoms. The number of carbonyl (C=O) groups excluding carboxylic acids is 1. The van der Waals surface area contributed by atoms with Gasteiger partial charge in [0.1, 0.15) is 11.6 Å². The summed E-state index contributed by atoms with van der Waals surface area (Å²) in [6, 6.07) is 7.11. The van der Waals surface area contributed by atoms with Gasteiger partial charge in [0, 0.05) is 25.4 Å². The van der Waals surface area contributed by atoms with Crippen LogP contribution in [0.15, 0.2) is 24.3 Å². The maximum atomic E-state index is 12.8. The average molecular weight is 235 g/mol. The lowest BCUT2D eigenvalue weighted by Gasteiger charge is -2.30. The summed E-state index contributed by atoms with van der Waals surface area (Å²) < 4.78 is 12.8. The predicted molar refractivity (Wildman–Crippen MR) is 65.1 cm³/mol. The molecular formula is C14H18FNO. The summed E-state index contributed by atoms with van der Waals surface area (Å²) in [6.07, 6.45) is 3.32. The van der Waals surface area contributed by atoms with Gasteiger partial charge in [-0.3, -0.25) is 9.69 Å². The summed E-state index contributed by atoms with van der Waals surface area (Å²) in [5, 5.41) is 0. The van der Waals surface area contributed by atoms with Crippen LogP contribution >= 0.6 is 0 Å². The van der Waals surface area contributed by atoms with E-state index in [-0.39, 0.29) is 5.82 Å². The molecule has 1 aromatic carbocycles. The lowest BCUT2D eigenvalue weighted by molar-refractivity contribution is -0.121. The third-order valence-corrected chi connectivity index (χ3v) is 3.48. The number of rotatable bonds is 3. The summed E-state index contributed by atoms with van der Waals surface area (Å²) >= 11 is 0. The molecule has 0 radical (unpaired) electrons. The summed E-state index contributed by atoms with van der Waals surface area (Å²) in [5.41, 5.74) is 1.12. The van der Waals surface area contributed by atoms with Crippen molar-refractivity contribution in [2.24, 2.45) is 0 Å². The molecule has 0 amide bonds. The number of hydrogen-bond acceptors (Lipinski definition) is 2. The first-order valence-electron chi connectivity index (χ1n) is 6.11. The number of carbonyl (C=O) groups is 1. The van der Waals surface area contributed by atoms with E-state index in [2.05, 4.69) is 11.9 Å². The summed E-state index contributed by atoms with van der Waals surface area (Å²) in [6.45, 7) is 0.819. The van der Waals surface area contributed by atoms with Crippen LogP contribution in [0.3, 0.4) is 0 Å². The number of ketones is 1. The van der Waals surface area contributed by atoms with E-state index in [4.69, 9.17) is 0 Å². The number of Topliss-reactive ketones (excluding diaryl/α,β-unsaturated/α-hetero) is 1. The Bertz CT molecular complexity index is 378. The molecule has 3 heteroatoms. The van der Waals surface area contributed by atoms with Crippen molar-refractivity contribution in [3.63, 3.8) is 0 Å². The van der Waals surface area contributed by atoms with Gasteiger partial charge in [0.25, 0.3) is 0 Å². The number of nitrogens with zero attached hydrogens (tertiary/aromatic N) is 1. The van der Waals surface area contributed by atoms with E-state index in [1.807, 2.05) is 12.1 Å². The van der Waals surface area contributed by atoms with Gasteiger partial charge in [-0.05, 0) is 37.6 Å². The van der Waals surface area contributed by atoms with Crippen molar-refractivity contribution in [3.8, 4) is 0 Å². The van der Waals surface area contributed by atoms with Crippen molar-refractivity contribution in [1.82, 2.24) is 4.90 Å². The van der Waals surface area contributed by atoms with E-state index in [1.54, 1.807) is 0 Å². The largest absolute Gasteiger partial charge is 0.300 e. The van der Waals surface area contributed by atoms with Crippen LogP contribution in [0.25, 0.3) is 0 Å². The Kier molecular flexibility index (Phi) is 3.89. The standard InChI is InChI=1S/C14H18FNO/c1-16(13-6-8-14(17)9-7-13)10-11-2-4-12(15)5-3-11/h2-5,13H,6-10H2,1H3. The molecule has 0 N–H and O–H groups in total. The molecule has 0 atom stereocenters. The van der Waals surface area contributed by atoms with Gasteiger partial charge < -0.3 is 0 Å². The SMILES string of the molecule is CN(Cc1ccc(F)cc1)C1CCC(=O)CC1. The molecule has 2 rings (SSSR count). The zero-order chi connectivity index (χ0) is 12.3. The molecule has 0 heterocycles. The Hall–Kier alpha value is -1.22. The fourth-order valence-electron chi connectivity index (χ4n) is 2.37. The number of hydrogen-bond donors (Lipinski definition) is 0. The molecule has 0 spiro atoms. The van der Waals surface area contributed by atoms with Crippen LogP contribution in [0.1, 0.15) is 31.2 Å². The highest BCUT2D eigenvalue weighted by atomic mass is 19.1. The highest BCUT2D eigenvalue weighted by Gasteiger charge is 2.21. The molecular weight excluding hydrogens is 217 g/mol. The van der Waals surface area contributed by atoms with E-state index in [0.29, 0.717) is 24.7 Å². The van der Waals surface area contributed by atoms with Crippen molar-refractivity contribution >= 4 is 5.78 Å². The van der Waals surface area contributed by atoms with E-state index in [1.165, 1.54) is 12.1 Å². The van der Waals surface area contributed by atoms with Crippen LogP contribution in [0.2, 0.25) is 0 Å². The Morgan fingerprint density at radius 2 is 1.82 bits per heavy atom. The first kappa shape index (κ1) is 12.2. The highest BCUT2D eigenvalue weighted by Crippen LogP contribution is 2.20. The molecule has 0 bridgehead atoms. The molecule has 1 aliphatic rings. The van der Waals surface area contributed by atoms with Crippen LogP contribution in [-0.2, 0) is 11.3 Å². The van der Waals surface area contributed by atoms with Gasteiger partial charge in [-0.1, -0.05) is 12.1 Å². The van der Waals surface area contributed by atoms with Crippen molar-refractivity contribution in [3.05, 3.63) is 35.6 Å². The van der Waals surface area contributed by atoms with E-state index in [9.17, 15) is 9.18 Å². The molecule has 0 unspecified atom stereocenters. The molecule has 1 aliphatic carbocycles. The van der Waals surface area contributed by atoms with E-state index >= 15 is 0 Å². The Morgan fingerprint density at radius 1 is 1.24 bits per heavy atom. The minimum absolute atomic E-state index is 0.195. The molecule has 0 aliphatic heterocycles. The summed E-state index contributed by atoms with van der Waals surface area (Å²) in [4.78, 5) is 13.4. The highest BCUT2D eigenvalue weighted by molar-refractivity contribution is 5.79. The molecule has 1 saturated carbocycles. The Labute approximate surface area is 101 Å². The zero-order valence-electron chi connectivity index (χ0n) is 10.2. The fraction of sp³-hybridized carbons (Fsp3) is 0.500. The third kappa shape index (κ3) is 3.37. The van der Waals surface area contributed by atoms with Gasteiger partial charge >= 0.3 is 0 Å². The second kappa shape index (κ2) is 5.41. The quantitative estimate of drug-likeness (QED) is 0.803. The predicted octanol–water partition coefficient (Wildman–Crippen LogP) is 2.77. The van der Waals surface area contributed by atoms with Crippen molar-refractivity contribution < 1.29 is 9.18 Å². The first-order chi connectivity index (χ1) is 8.15. The normalized spacial score (nSPS) is 17.7. The second-order valence-corrected chi connectivity index (χ2v) is 4.81. The average Bonchev–Trinajstić information content (AvgIpc) is 2.33. The minimum Gasteiger partial charge on any atom is -0.300 e. The van der Waals surface area contributed by atoms with E-state index < -0.39 is 0 Å². The second-order valence-electron chi connectivity index (χ2n) is 4.81. The van der Waals surface area contributed by atoms with Crippen molar-refractivity contribution in [1.29, 1.82) is 0 Å². The zero-order valence-corrected chi connectivity index (χ0v) is 10.2. The summed E-state index contributed by atoms with van der Waals surface area (Å²) in [5.74, 6) is 0.191. The van der Waals surface area contributed by atoms with Crippen LogP contribution in [0.5, 0.6) is 0 Å². The molecule has 1 fully saturated rings. The molecule has 92 valence electrons. The van der Waals surface area contributed by atoms with Gasteiger partial charge in [0.05, 0.1) is 0 Å².